The topological polar surface area (TPSA) is 90.2 Å². The van der Waals surface area contributed by atoms with Gasteiger partial charge in [-0.1, -0.05) is 18.2 Å². The number of nitrogens with zero attached hydrogens (tertiary/aromatic N) is 6. The van der Waals surface area contributed by atoms with Crippen molar-refractivity contribution in [2.24, 2.45) is 0 Å². The first-order valence-electron chi connectivity index (χ1n) is 11.7. The van der Waals surface area contributed by atoms with E-state index in [1.807, 2.05) is 19.0 Å². The van der Waals surface area contributed by atoms with Gasteiger partial charge in [-0.2, -0.15) is 20.2 Å². The Morgan fingerprint density at radius 3 is 2.61 bits per heavy atom. The number of likely N-dealkylation sites (N-methyl/N-ethyl adjacent to an activating group) is 1. The third-order valence-corrected chi connectivity index (χ3v) is 6.98. The second kappa shape index (κ2) is 9.09. The lowest BCUT2D eigenvalue weighted by Crippen LogP contribution is -2.58. The number of hydrogen-bond acceptors (Lipinski definition) is 8. The van der Waals surface area contributed by atoms with Crippen LogP contribution in [-0.4, -0.2) is 60.2 Å². The normalized spacial score (nSPS) is 16.8. The zero-order valence-electron chi connectivity index (χ0n) is 20.2. The van der Waals surface area contributed by atoms with Crippen LogP contribution < -0.4 is 15.0 Å². The van der Waals surface area contributed by atoms with Crippen molar-refractivity contribution in [2.75, 3.05) is 44.5 Å². The predicted molar refractivity (Wildman–Crippen MR) is 129 cm³/mol. The summed E-state index contributed by atoms with van der Waals surface area (Å²) >= 11 is 0. The van der Waals surface area contributed by atoms with Gasteiger partial charge in [0.1, 0.15) is 11.6 Å². The molecule has 0 spiro atoms. The summed E-state index contributed by atoms with van der Waals surface area (Å²) in [5.41, 5.74) is -0.198. The SMILES string of the molecule is COc1nc2nc(N3CC(N(C)C)C3)nc(NCc3cccc(C(F)F)c3F)c2cc1C1(C#N)CC1. The van der Waals surface area contributed by atoms with E-state index in [4.69, 9.17) is 9.72 Å². The number of anilines is 2. The van der Waals surface area contributed by atoms with Crippen LogP contribution in [0.3, 0.4) is 0 Å². The Hall–Kier alpha value is -3.65. The molecule has 2 aromatic heterocycles. The third kappa shape index (κ3) is 4.15. The predicted octanol–water partition coefficient (Wildman–Crippen LogP) is 4.03. The van der Waals surface area contributed by atoms with Gasteiger partial charge in [0.25, 0.3) is 6.43 Å². The maximum Gasteiger partial charge on any atom is 0.266 e. The van der Waals surface area contributed by atoms with Crippen molar-refractivity contribution < 1.29 is 17.9 Å². The molecular formula is C25H26F3N7O. The lowest BCUT2D eigenvalue weighted by molar-refractivity contribution is 0.146. The number of benzene rings is 1. The van der Waals surface area contributed by atoms with Crippen LogP contribution in [0.2, 0.25) is 0 Å². The van der Waals surface area contributed by atoms with Gasteiger partial charge in [0, 0.05) is 36.8 Å². The van der Waals surface area contributed by atoms with Gasteiger partial charge in [-0.3, -0.25) is 0 Å². The first kappa shape index (κ1) is 24.1. The van der Waals surface area contributed by atoms with Gasteiger partial charge >= 0.3 is 0 Å². The summed E-state index contributed by atoms with van der Waals surface area (Å²) in [5.74, 6) is 0.226. The fraction of sp³-hybridized carbons (Fsp3) is 0.440. The summed E-state index contributed by atoms with van der Waals surface area (Å²) in [7, 11) is 5.52. The maximum absolute atomic E-state index is 14.7. The first-order valence-corrected chi connectivity index (χ1v) is 11.7. The summed E-state index contributed by atoms with van der Waals surface area (Å²) < 4.78 is 46.6. The summed E-state index contributed by atoms with van der Waals surface area (Å²) in [4.78, 5) is 18.1. The molecule has 2 fully saturated rings. The van der Waals surface area contributed by atoms with Crippen LogP contribution >= 0.6 is 0 Å². The number of hydrogen-bond donors (Lipinski definition) is 1. The average molecular weight is 498 g/mol. The Balaban J connectivity index is 1.56. The quantitative estimate of drug-likeness (QED) is 0.499. The summed E-state index contributed by atoms with van der Waals surface area (Å²) in [6.45, 7) is 1.40. The van der Waals surface area contributed by atoms with E-state index in [0.29, 0.717) is 53.1 Å². The van der Waals surface area contributed by atoms with Gasteiger partial charge in [0.2, 0.25) is 11.8 Å². The van der Waals surface area contributed by atoms with Crippen molar-refractivity contribution in [2.45, 2.75) is 37.3 Å². The first-order chi connectivity index (χ1) is 17.3. The zero-order valence-corrected chi connectivity index (χ0v) is 20.2. The molecule has 0 atom stereocenters. The molecule has 3 heterocycles. The Morgan fingerprint density at radius 1 is 1.25 bits per heavy atom. The van der Waals surface area contributed by atoms with Crippen molar-refractivity contribution in [3.8, 4) is 11.9 Å². The molecule has 0 amide bonds. The monoisotopic (exact) mass is 497 g/mol. The van der Waals surface area contributed by atoms with Crippen molar-refractivity contribution >= 4 is 22.8 Å². The molecule has 1 saturated heterocycles. The number of ether oxygens (including phenoxy) is 1. The number of rotatable bonds is 8. The van der Waals surface area contributed by atoms with Gasteiger partial charge in [0.15, 0.2) is 5.65 Å². The Labute approximate surface area is 206 Å². The molecule has 1 N–H and O–H groups in total. The Bertz CT molecular complexity index is 1350. The van der Waals surface area contributed by atoms with Crippen LogP contribution in [0.1, 0.15) is 36.0 Å². The third-order valence-electron chi connectivity index (χ3n) is 6.98. The Kier molecular flexibility index (Phi) is 6.08. The van der Waals surface area contributed by atoms with E-state index >= 15 is 0 Å². The fourth-order valence-corrected chi connectivity index (χ4v) is 4.40. The van der Waals surface area contributed by atoms with Crippen LogP contribution in [-0.2, 0) is 12.0 Å². The highest BCUT2D eigenvalue weighted by molar-refractivity contribution is 5.89. The summed E-state index contributed by atoms with van der Waals surface area (Å²) in [6, 6.07) is 8.46. The van der Waals surface area contributed by atoms with Gasteiger partial charge in [-0.15, -0.1) is 0 Å². The minimum absolute atomic E-state index is 0.0664. The molecule has 8 nitrogen and oxygen atoms in total. The molecule has 1 aliphatic carbocycles. The van der Waals surface area contributed by atoms with Gasteiger partial charge in [-0.25, -0.2) is 13.2 Å². The van der Waals surface area contributed by atoms with E-state index in [0.717, 1.165) is 19.2 Å². The van der Waals surface area contributed by atoms with E-state index in [2.05, 4.69) is 26.3 Å². The van der Waals surface area contributed by atoms with Crippen molar-refractivity contribution in [3.63, 3.8) is 0 Å². The van der Waals surface area contributed by atoms with Crippen LogP contribution in [0.4, 0.5) is 24.9 Å². The number of pyridine rings is 1. The number of nitriles is 1. The zero-order chi connectivity index (χ0) is 25.6. The lowest BCUT2D eigenvalue weighted by atomic mass is 9.98. The molecular weight excluding hydrogens is 471 g/mol. The van der Waals surface area contributed by atoms with Gasteiger partial charge in [-0.05, 0) is 33.0 Å². The van der Waals surface area contributed by atoms with Gasteiger partial charge < -0.3 is 19.9 Å². The minimum atomic E-state index is -2.91. The molecule has 0 radical (unpaired) electrons. The summed E-state index contributed by atoms with van der Waals surface area (Å²) in [6.07, 6.45) is -1.52. The number of aromatic nitrogens is 3. The van der Waals surface area contributed by atoms with Crippen LogP contribution in [0.15, 0.2) is 24.3 Å². The molecule has 0 unspecified atom stereocenters. The molecule has 1 saturated carbocycles. The van der Waals surface area contributed by atoms with E-state index in [-0.39, 0.29) is 12.1 Å². The van der Waals surface area contributed by atoms with Crippen molar-refractivity contribution in [3.05, 3.63) is 46.8 Å². The molecule has 1 aromatic carbocycles. The lowest BCUT2D eigenvalue weighted by Gasteiger charge is -2.42. The molecule has 0 bridgehead atoms. The largest absolute Gasteiger partial charge is 0.481 e. The molecule has 5 rings (SSSR count). The highest BCUT2D eigenvalue weighted by Gasteiger charge is 2.48. The smallest absolute Gasteiger partial charge is 0.266 e. The van der Waals surface area contributed by atoms with E-state index < -0.39 is 23.2 Å². The summed E-state index contributed by atoms with van der Waals surface area (Å²) in [5, 5.41) is 13.4. The van der Waals surface area contributed by atoms with E-state index in [1.54, 1.807) is 6.07 Å². The second-order valence-electron chi connectivity index (χ2n) is 9.48. The highest BCUT2D eigenvalue weighted by atomic mass is 19.3. The molecule has 11 heteroatoms. The number of alkyl halides is 2. The number of nitrogens with one attached hydrogen (secondary N) is 1. The number of methoxy groups -OCH3 is 1. The average Bonchev–Trinajstić information content (AvgIpc) is 3.62. The molecule has 188 valence electrons. The van der Waals surface area contributed by atoms with E-state index in [9.17, 15) is 18.4 Å². The van der Waals surface area contributed by atoms with Crippen LogP contribution in [0, 0.1) is 17.1 Å². The van der Waals surface area contributed by atoms with E-state index in [1.165, 1.54) is 19.2 Å². The molecule has 1 aliphatic heterocycles. The van der Waals surface area contributed by atoms with Crippen molar-refractivity contribution in [1.29, 1.82) is 5.26 Å². The highest BCUT2D eigenvalue weighted by Crippen LogP contribution is 2.51. The molecule has 3 aromatic rings. The number of fused-ring (bicyclic) bond motifs is 1. The number of halogens is 3. The standard InChI is InChI=1S/C25H26F3N7O/c1-34(2)15-11-35(12-15)24-32-21(30-10-14-5-4-6-16(19(14)26)20(27)28)17-9-18(25(13-29)7-8-25)23(36-3)31-22(17)33-24/h4-6,9,15,20H,7-8,10-12H2,1-3H3,(H,30,31,32,33). The van der Waals surface area contributed by atoms with Crippen LogP contribution in [0.5, 0.6) is 5.88 Å². The molecule has 36 heavy (non-hydrogen) atoms. The second-order valence-corrected chi connectivity index (χ2v) is 9.48. The van der Waals surface area contributed by atoms with Crippen LogP contribution in [0.25, 0.3) is 11.0 Å². The van der Waals surface area contributed by atoms with Crippen molar-refractivity contribution in [1.82, 2.24) is 19.9 Å². The maximum atomic E-state index is 14.7. The minimum Gasteiger partial charge on any atom is -0.481 e. The Morgan fingerprint density at radius 2 is 2.00 bits per heavy atom. The molecule has 2 aliphatic rings. The van der Waals surface area contributed by atoms with Gasteiger partial charge in [0.05, 0.1) is 29.5 Å². The fourth-order valence-electron chi connectivity index (χ4n) is 4.40.